The fraction of sp³-hybridized carbons (Fsp3) is 1.00. The molecule has 0 aliphatic rings. The molecule has 2 N–H and O–H groups in total. The maximum atomic E-state index is 10.9. The summed E-state index contributed by atoms with van der Waals surface area (Å²) < 4.78 is 15.7. The van der Waals surface area contributed by atoms with Gasteiger partial charge in [0.05, 0.1) is 6.61 Å². The molecule has 0 aliphatic heterocycles. The van der Waals surface area contributed by atoms with Gasteiger partial charge in [0.1, 0.15) is 0 Å². The Labute approximate surface area is 192 Å². The number of phosphoric ester groups is 1. The Bertz CT molecular complexity index is 281. The Balaban J connectivity index is 0. The third kappa shape index (κ3) is 21.8. The normalized spacial score (nSPS) is 11.7. The van der Waals surface area contributed by atoms with Gasteiger partial charge in [-0.15, -0.1) is 0 Å². The topological polar surface area (TPSA) is 66.8 Å². The molecule has 0 saturated carbocycles. The van der Waals surface area contributed by atoms with Gasteiger partial charge in [-0.3, -0.25) is 4.52 Å². The first-order chi connectivity index (χ1) is 11.0. The monoisotopic (exact) mass is 390 g/mol. The van der Waals surface area contributed by atoms with Gasteiger partial charge in [-0.2, -0.15) is 0 Å². The molecule has 0 heterocycles. The molecule has 0 aromatic heterocycles. The van der Waals surface area contributed by atoms with Gasteiger partial charge in [-0.1, -0.05) is 90.9 Å². The Morgan fingerprint density at radius 1 is 0.750 bits per heavy atom. The zero-order valence-electron chi connectivity index (χ0n) is 15.3. The molecule has 142 valence electrons. The second kappa shape index (κ2) is 19.5. The molecule has 0 fully saturated rings. The summed E-state index contributed by atoms with van der Waals surface area (Å²) in [6.45, 7) is 4.64. The van der Waals surface area contributed by atoms with Crippen molar-refractivity contribution in [3.8, 4) is 0 Å². The number of phosphoric acid groups is 1. The molecule has 6 heteroatoms. The first kappa shape index (κ1) is 28.0. The third-order valence-electron chi connectivity index (χ3n) is 4.41. The Kier molecular flexibility index (Phi) is 22.7. The molecule has 0 unspecified atom stereocenters. The van der Waals surface area contributed by atoms with Crippen LogP contribution in [-0.4, -0.2) is 67.8 Å². The molecule has 0 aromatic rings. The Morgan fingerprint density at radius 3 is 1.50 bits per heavy atom. The van der Waals surface area contributed by atoms with Gasteiger partial charge in [0.25, 0.3) is 0 Å². The minimum absolute atomic E-state index is 0. The summed E-state index contributed by atoms with van der Waals surface area (Å²) in [6.07, 6.45) is 17.1. The minimum atomic E-state index is -4.33. The summed E-state index contributed by atoms with van der Waals surface area (Å²) in [5.74, 6) is 0.292. The summed E-state index contributed by atoms with van der Waals surface area (Å²) in [5, 5.41) is 0. The van der Waals surface area contributed by atoms with E-state index in [1.54, 1.807) is 0 Å². The van der Waals surface area contributed by atoms with Crippen LogP contribution in [0, 0.1) is 5.92 Å². The Hall–Kier alpha value is 1.75. The van der Waals surface area contributed by atoms with Crippen molar-refractivity contribution in [1.29, 1.82) is 0 Å². The molecule has 0 bridgehead atoms. The van der Waals surface area contributed by atoms with Crippen molar-refractivity contribution >= 4 is 59.2 Å². The van der Waals surface area contributed by atoms with E-state index in [0.717, 1.165) is 25.7 Å². The molecule has 0 radical (unpaired) electrons. The van der Waals surface area contributed by atoms with Crippen molar-refractivity contribution in [3.05, 3.63) is 0 Å². The summed E-state index contributed by atoms with van der Waals surface area (Å²) in [5.41, 5.74) is 0. The SMILES string of the molecule is CCCCCCCCC(CCCCCCCC)COP(=O)(O)O.[KH]. The third-order valence-corrected chi connectivity index (χ3v) is 4.90. The van der Waals surface area contributed by atoms with E-state index in [9.17, 15) is 4.57 Å². The van der Waals surface area contributed by atoms with Gasteiger partial charge in [0.2, 0.25) is 0 Å². The van der Waals surface area contributed by atoms with Crippen molar-refractivity contribution in [2.45, 2.75) is 104 Å². The molecule has 0 amide bonds. The quantitative estimate of drug-likeness (QED) is 0.194. The molecule has 0 aliphatic carbocycles. The molecule has 0 aromatic carbocycles. The van der Waals surface area contributed by atoms with Gasteiger partial charge < -0.3 is 9.79 Å². The average Bonchev–Trinajstić information content (AvgIpc) is 2.49. The van der Waals surface area contributed by atoms with Crippen LogP contribution in [0.1, 0.15) is 104 Å². The van der Waals surface area contributed by atoms with Gasteiger partial charge in [0.15, 0.2) is 0 Å². The van der Waals surface area contributed by atoms with E-state index < -0.39 is 7.82 Å². The van der Waals surface area contributed by atoms with Gasteiger partial charge in [-0.25, -0.2) is 4.57 Å². The standard InChI is InChI=1S/C18H39O4P.K.H/c1-3-5-7-9-11-13-15-18(17-22-23(19,20)21)16-14-12-10-8-6-4-2;;/h18H,3-17H2,1-2H3,(H2,19,20,21);;. The van der Waals surface area contributed by atoms with Gasteiger partial charge in [-0.05, 0) is 18.8 Å². The average molecular weight is 391 g/mol. The second-order valence-corrected chi connectivity index (χ2v) is 8.00. The van der Waals surface area contributed by atoms with Crippen LogP contribution in [0.4, 0.5) is 0 Å². The van der Waals surface area contributed by atoms with Crippen LogP contribution in [0.3, 0.4) is 0 Å². The van der Waals surface area contributed by atoms with Crippen LogP contribution >= 0.6 is 7.82 Å². The molecular formula is C18H40KO4P. The van der Waals surface area contributed by atoms with Crippen molar-refractivity contribution in [1.82, 2.24) is 0 Å². The zero-order valence-corrected chi connectivity index (χ0v) is 16.2. The first-order valence-corrected chi connectivity index (χ1v) is 11.2. The fourth-order valence-electron chi connectivity index (χ4n) is 2.94. The van der Waals surface area contributed by atoms with Crippen molar-refractivity contribution in [3.63, 3.8) is 0 Å². The number of hydrogen-bond acceptors (Lipinski definition) is 2. The fourth-order valence-corrected chi connectivity index (χ4v) is 3.35. The van der Waals surface area contributed by atoms with Crippen molar-refractivity contribution in [2.75, 3.05) is 6.61 Å². The van der Waals surface area contributed by atoms with Crippen LogP contribution < -0.4 is 0 Å². The number of rotatable bonds is 17. The summed E-state index contributed by atoms with van der Waals surface area (Å²) >= 11 is 0. The summed E-state index contributed by atoms with van der Waals surface area (Å²) in [4.78, 5) is 17.8. The van der Waals surface area contributed by atoms with Crippen LogP contribution in [0.15, 0.2) is 0 Å². The molecule has 24 heavy (non-hydrogen) atoms. The summed E-state index contributed by atoms with van der Waals surface area (Å²) in [6, 6.07) is 0. The van der Waals surface area contributed by atoms with Gasteiger partial charge in [0, 0.05) is 0 Å². The van der Waals surface area contributed by atoms with Crippen molar-refractivity contribution < 1.29 is 18.9 Å². The van der Waals surface area contributed by atoms with Crippen LogP contribution in [0.25, 0.3) is 0 Å². The summed E-state index contributed by atoms with van der Waals surface area (Å²) in [7, 11) is -4.33. The number of hydrogen-bond donors (Lipinski definition) is 2. The van der Waals surface area contributed by atoms with E-state index in [0.29, 0.717) is 5.92 Å². The van der Waals surface area contributed by atoms with Crippen molar-refractivity contribution in [2.24, 2.45) is 5.92 Å². The zero-order chi connectivity index (χ0) is 17.4. The predicted octanol–water partition coefficient (Wildman–Crippen LogP) is 5.56. The van der Waals surface area contributed by atoms with Crippen LogP contribution in [0.2, 0.25) is 0 Å². The van der Waals surface area contributed by atoms with E-state index >= 15 is 0 Å². The van der Waals surface area contributed by atoms with E-state index in [2.05, 4.69) is 13.8 Å². The molecular weight excluding hydrogens is 350 g/mol. The molecule has 4 nitrogen and oxygen atoms in total. The van der Waals surface area contributed by atoms with E-state index in [-0.39, 0.29) is 58.0 Å². The predicted molar refractivity (Wildman–Crippen MR) is 105 cm³/mol. The molecule has 0 rings (SSSR count). The number of unbranched alkanes of at least 4 members (excludes halogenated alkanes) is 10. The Morgan fingerprint density at radius 2 is 1.12 bits per heavy atom. The molecule has 0 saturated heterocycles. The van der Waals surface area contributed by atoms with Crippen LogP contribution in [-0.2, 0) is 9.09 Å². The van der Waals surface area contributed by atoms with Crippen LogP contribution in [0.5, 0.6) is 0 Å². The maximum absolute atomic E-state index is 10.9. The molecule has 0 atom stereocenters. The van der Waals surface area contributed by atoms with E-state index in [4.69, 9.17) is 14.3 Å². The second-order valence-electron chi connectivity index (χ2n) is 6.77. The van der Waals surface area contributed by atoms with E-state index in [1.807, 2.05) is 0 Å². The van der Waals surface area contributed by atoms with E-state index in [1.165, 1.54) is 64.2 Å². The first-order valence-electron chi connectivity index (χ1n) is 9.69. The molecule has 0 spiro atoms. The van der Waals surface area contributed by atoms with Gasteiger partial charge >= 0.3 is 59.2 Å².